The zero-order valence-corrected chi connectivity index (χ0v) is 8.13. The second kappa shape index (κ2) is 5.05. The van der Waals surface area contributed by atoms with E-state index in [1.807, 2.05) is 6.92 Å². The summed E-state index contributed by atoms with van der Waals surface area (Å²) >= 11 is 0. The highest BCUT2D eigenvalue weighted by atomic mass is 19.1. The molecule has 1 N–H and O–H groups in total. The van der Waals surface area contributed by atoms with Crippen LogP contribution in [0.4, 0.5) is 8.78 Å². The van der Waals surface area contributed by atoms with Crippen LogP contribution >= 0.6 is 0 Å². The van der Waals surface area contributed by atoms with Gasteiger partial charge < -0.3 is 5.11 Å². The van der Waals surface area contributed by atoms with Crippen molar-refractivity contribution in [1.29, 1.82) is 0 Å². The van der Waals surface area contributed by atoms with Crippen LogP contribution in [0.2, 0.25) is 0 Å². The van der Waals surface area contributed by atoms with Crippen molar-refractivity contribution < 1.29 is 13.9 Å². The van der Waals surface area contributed by atoms with Gasteiger partial charge >= 0.3 is 0 Å². The average molecular weight is 200 g/mol. The van der Waals surface area contributed by atoms with Crippen molar-refractivity contribution in [1.82, 2.24) is 0 Å². The van der Waals surface area contributed by atoms with Crippen LogP contribution in [-0.4, -0.2) is 11.2 Å². The molecule has 0 aliphatic heterocycles. The summed E-state index contributed by atoms with van der Waals surface area (Å²) in [5.74, 6) is -1.17. The summed E-state index contributed by atoms with van der Waals surface area (Å²) < 4.78 is 25.6. The number of aliphatic hydroxyl groups is 1. The Morgan fingerprint density at radius 3 is 2.64 bits per heavy atom. The maximum Gasteiger partial charge on any atom is 0.129 e. The normalized spacial score (nSPS) is 12.9. The third kappa shape index (κ3) is 3.07. The van der Waals surface area contributed by atoms with E-state index in [-0.39, 0.29) is 6.42 Å². The van der Waals surface area contributed by atoms with Gasteiger partial charge in [-0.05, 0) is 18.1 Å². The first kappa shape index (κ1) is 11.1. The van der Waals surface area contributed by atoms with Crippen LogP contribution in [0.5, 0.6) is 0 Å². The summed E-state index contributed by atoms with van der Waals surface area (Å²) in [6.45, 7) is 1.95. The van der Waals surface area contributed by atoms with E-state index in [9.17, 15) is 13.9 Å². The van der Waals surface area contributed by atoms with Crippen molar-refractivity contribution >= 4 is 0 Å². The zero-order chi connectivity index (χ0) is 10.6. The maximum atomic E-state index is 13.1. The smallest absolute Gasteiger partial charge is 0.129 e. The molecular weight excluding hydrogens is 186 g/mol. The molecule has 1 aromatic carbocycles. The van der Waals surface area contributed by atoms with Crippen LogP contribution in [0.15, 0.2) is 18.2 Å². The number of benzene rings is 1. The molecule has 0 bridgehead atoms. The van der Waals surface area contributed by atoms with Crippen LogP contribution in [0.25, 0.3) is 0 Å². The Morgan fingerprint density at radius 1 is 1.36 bits per heavy atom. The number of halogens is 2. The highest BCUT2D eigenvalue weighted by Gasteiger charge is 2.09. The van der Waals surface area contributed by atoms with Gasteiger partial charge in [0.25, 0.3) is 0 Å². The first-order valence-electron chi connectivity index (χ1n) is 4.75. The van der Waals surface area contributed by atoms with E-state index in [1.54, 1.807) is 0 Å². The molecule has 1 rings (SSSR count). The maximum absolute atomic E-state index is 13.1. The number of rotatable bonds is 4. The fraction of sp³-hybridized carbons (Fsp3) is 0.455. The van der Waals surface area contributed by atoms with Gasteiger partial charge in [-0.1, -0.05) is 19.4 Å². The molecule has 3 heteroatoms. The molecule has 0 radical (unpaired) electrons. The van der Waals surface area contributed by atoms with Crippen LogP contribution in [-0.2, 0) is 6.42 Å². The summed E-state index contributed by atoms with van der Waals surface area (Å²) in [5, 5.41) is 9.44. The van der Waals surface area contributed by atoms with Gasteiger partial charge in [0.1, 0.15) is 11.6 Å². The van der Waals surface area contributed by atoms with Crippen molar-refractivity contribution in [2.24, 2.45) is 0 Å². The molecule has 0 saturated carbocycles. The number of hydrogen-bond donors (Lipinski definition) is 1. The molecular formula is C11H14F2O. The van der Waals surface area contributed by atoms with Gasteiger partial charge in [-0.25, -0.2) is 8.78 Å². The SMILES string of the molecule is CCCC(O)Cc1ccc(F)cc1F. The number of hydrogen-bond acceptors (Lipinski definition) is 1. The summed E-state index contributed by atoms with van der Waals surface area (Å²) in [5.41, 5.74) is 0.368. The second-order valence-corrected chi connectivity index (χ2v) is 3.38. The number of aliphatic hydroxyl groups excluding tert-OH is 1. The van der Waals surface area contributed by atoms with Crippen molar-refractivity contribution in [3.63, 3.8) is 0 Å². The highest BCUT2D eigenvalue weighted by Crippen LogP contribution is 2.13. The minimum absolute atomic E-state index is 0.250. The molecule has 0 saturated heterocycles. The molecule has 0 aliphatic rings. The van der Waals surface area contributed by atoms with Crippen molar-refractivity contribution in [3.05, 3.63) is 35.4 Å². The summed E-state index contributed by atoms with van der Waals surface area (Å²) in [7, 11) is 0. The molecule has 0 aromatic heterocycles. The quantitative estimate of drug-likeness (QED) is 0.792. The molecule has 1 atom stereocenters. The lowest BCUT2D eigenvalue weighted by molar-refractivity contribution is 0.162. The van der Waals surface area contributed by atoms with Gasteiger partial charge in [-0.2, -0.15) is 0 Å². The van der Waals surface area contributed by atoms with Crippen LogP contribution in [0, 0.1) is 11.6 Å². The predicted molar refractivity (Wildman–Crippen MR) is 51.0 cm³/mol. The van der Waals surface area contributed by atoms with Gasteiger partial charge in [0.2, 0.25) is 0 Å². The predicted octanol–water partition coefficient (Wildman–Crippen LogP) is 2.67. The van der Waals surface area contributed by atoms with E-state index < -0.39 is 17.7 Å². The lowest BCUT2D eigenvalue weighted by Gasteiger charge is -2.09. The Labute approximate surface area is 82.4 Å². The van der Waals surface area contributed by atoms with E-state index in [2.05, 4.69) is 0 Å². The topological polar surface area (TPSA) is 20.2 Å². The summed E-state index contributed by atoms with van der Waals surface area (Å²) in [4.78, 5) is 0. The average Bonchev–Trinajstić information content (AvgIpc) is 2.10. The first-order valence-corrected chi connectivity index (χ1v) is 4.75. The molecule has 78 valence electrons. The van der Waals surface area contributed by atoms with Gasteiger partial charge in [0.15, 0.2) is 0 Å². The second-order valence-electron chi connectivity index (χ2n) is 3.38. The fourth-order valence-corrected chi connectivity index (χ4v) is 1.38. The highest BCUT2D eigenvalue weighted by molar-refractivity contribution is 5.19. The van der Waals surface area contributed by atoms with Crippen LogP contribution < -0.4 is 0 Å². The van der Waals surface area contributed by atoms with Crippen LogP contribution in [0.3, 0.4) is 0 Å². The fourth-order valence-electron chi connectivity index (χ4n) is 1.38. The Balaban J connectivity index is 2.67. The monoisotopic (exact) mass is 200 g/mol. The Bertz CT molecular complexity index is 299. The van der Waals surface area contributed by atoms with Gasteiger partial charge in [0.05, 0.1) is 6.10 Å². The Hall–Kier alpha value is -0.960. The lowest BCUT2D eigenvalue weighted by atomic mass is 10.0. The molecule has 0 fully saturated rings. The van der Waals surface area contributed by atoms with Gasteiger partial charge in [0, 0.05) is 12.5 Å². The zero-order valence-electron chi connectivity index (χ0n) is 8.13. The minimum Gasteiger partial charge on any atom is -0.393 e. The lowest BCUT2D eigenvalue weighted by Crippen LogP contribution is -2.11. The standard InChI is InChI=1S/C11H14F2O/c1-2-3-10(14)6-8-4-5-9(12)7-11(8)13/h4-5,7,10,14H,2-3,6H2,1H3. The van der Waals surface area contributed by atoms with Gasteiger partial charge in [-0.3, -0.25) is 0 Å². The van der Waals surface area contributed by atoms with Crippen LogP contribution in [0.1, 0.15) is 25.3 Å². The van der Waals surface area contributed by atoms with E-state index >= 15 is 0 Å². The molecule has 0 aliphatic carbocycles. The van der Waals surface area contributed by atoms with E-state index in [1.165, 1.54) is 12.1 Å². The molecule has 0 spiro atoms. The third-order valence-corrected chi connectivity index (χ3v) is 2.09. The van der Waals surface area contributed by atoms with Crippen molar-refractivity contribution in [2.75, 3.05) is 0 Å². The van der Waals surface area contributed by atoms with E-state index in [4.69, 9.17) is 0 Å². The van der Waals surface area contributed by atoms with E-state index in [0.29, 0.717) is 12.0 Å². The Kier molecular flexibility index (Phi) is 4.01. The van der Waals surface area contributed by atoms with Crippen molar-refractivity contribution in [3.8, 4) is 0 Å². The van der Waals surface area contributed by atoms with E-state index in [0.717, 1.165) is 12.5 Å². The molecule has 1 nitrogen and oxygen atoms in total. The van der Waals surface area contributed by atoms with Gasteiger partial charge in [-0.15, -0.1) is 0 Å². The molecule has 0 amide bonds. The summed E-state index contributed by atoms with van der Waals surface area (Å²) in [6.07, 6.45) is 1.20. The molecule has 0 heterocycles. The minimum atomic E-state index is -0.587. The van der Waals surface area contributed by atoms with Crippen molar-refractivity contribution in [2.45, 2.75) is 32.3 Å². The molecule has 1 aromatic rings. The third-order valence-electron chi connectivity index (χ3n) is 2.09. The Morgan fingerprint density at radius 2 is 2.07 bits per heavy atom. The summed E-state index contributed by atoms with van der Waals surface area (Å²) in [6, 6.07) is 3.43. The first-order chi connectivity index (χ1) is 6.63. The molecule has 14 heavy (non-hydrogen) atoms. The molecule has 1 unspecified atom stereocenters. The largest absolute Gasteiger partial charge is 0.393 e.